The number of alkyl halides is 3. The molecule has 2 aromatic heterocycles. The first-order valence-electron chi connectivity index (χ1n) is 9.14. The van der Waals surface area contributed by atoms with Gasteiger partial charge in [0.15, 0.2) is 11.5 Å². The summed E-state index contributed by atoms with van der Waals surface area (Å²) < 4.78 is 41.1. The summed E-state index contributed by atoms with van der Waals surface area (Å²) in [6, 6.07) is 6.52. The average molecular weight is 484 g/mol. The number of benzene rings is 1. The lowest BCUT2D eigenvalue weighted by Crippen LogP contribution is -2.48. The van der Waals surface area contributed by atoms with Gasteiger partial charge in [-0.2, -0.15) is 18.3 Å². The smallest absolute Gasteiger partial charge is 0.323 e. The molecule has 12 heteroatoms. The molecule has 7 nitrogen and oxygen atoms in total. The summed E-state index contributed by atoms with van der Waals surface area (Å²) in [7, 11) is 1.47. The minimum absolute atomic E-state index is 0.00711. The van der Waals surface area contributed by atoms with Gasteiger partial charge in [-0.3, -0.25) is 14.5 Å². The summed E-state index contributed by atoms with van der Waals surface area (Å²) in [6.07, 6.45) is -3.49. The van der Waals surface area contributed by atoms with Crippen molar-refractivity contribution in [2.24, 2.45) is 0 Å². The van der Waals surface area contributed by atoms with E-state index in [9.17, 15) is 22.8 Å². The fourth-order valence-corrected chi connectivity index (χ4v) is 3.95. The quantitative estimate of drug-likeness (QED) is 0.534. The molecule has 0 radical (unpaired) electrons. The van der Waals surface area contributed by atoms with Gasteiger partial charge < -0.3 is 4.90 Å². The van der Waals surface area contributed by atoms with Gasteiger partial charge in [-0.05, 0) is 36.8 Å². The molecule has 2 amide bonds. The van der Waals surface area contributed by atoms with Crippen LogP contribution >= 0.6 is 23.2 Å². The van der Waals surface area contributed by atoms with E-state index in [0.29, 0.717) is 16.7 Å². The fraction of sp³-hybridized carbons (Fsp3) is 0.200. The molecule has 0 saturated carbocycles. The number of fused-ring (bicyclic) bond motifs is 1. The van der Waals surface area contributed by atoms with Gasteiger partial charge in [0.1, 0.15) is 12.4 Å². The summed E-state index contributed by atoms with van der Waals surface area (Å²) in [5, 5.41) is 3.85. The summed E-state index contributed by atoms with van der Waals surface area (Å²) in [5.74, 6) is -1.32. The first-order valence-corrected chi connectivity index (χ1v) is 9.90. The zero-order chi connectivity index (χ0) is 23.4. The predicted molar refractivity (Wildman–Crippen MR) is 111 cm³/mol. The van der Waals surface area contributed by atoms with Crippen molar-refractivity contribution in [3.63, 3.8) is 0 Å². The number of pyridine rings is 1. The number of halogens is 5. The molecule has 1 aliphatic heterocycles. The van der Waals surface area contributed by atoms with Gasteiger partial charge in [-0.1, -0.05) is 23.2 Å². The van der Waals surface area contributed by atoms with Crippen LogP contribution < -0.4 is 4.90 Å². The Morgan fingerprint density at radius 1 is 1.19 bits per heavy atom. The first-order chi connectivity index (χ1) is 15.0. The third kappa shape index (κ3) is 3.69. The lowest BCUT2D eigenvalue weighted by atomic mass is 10.0. The maximum atomic E-state index is 13.6. The Labute approximate surface area is 190 Å². The van der Waals surface area contributed by atoms with Crippen molar-refractivity contribution in [1.82, 2.24) is 19.7 Å². The number of anilines is 1. The Hall–Kier alpha value is -3.11. The van der Waals surface area contributed by atoms with Crippen molar-refractivity contribution in [3.05, 3.63) is 69.1 Å². The molecule has 4 rings (SSSR count). The molecule has 166 valence electrons. The van der Waals surface area contributed by atoms with Crippen molar-refractivity contribution in [2.75, 3.05) is 18.6 Å². The van der Waals surface area contributed by atoms with Gasteiger partial charge in [0.2, 0.25) is 0 Å². The topological polar surface area (TPSA) is 71.3 Å². The van der Waals surface area contributed by atoms with Crippen LogP contribution in [-0.4, -0.2) is 45.2 Å². The highest BCUT2D eigenvalue weighted by atomic mass is 35.5. The van der Waals surface area contributed by atoms with Crippen LogP contribution in [0.25, 0.3) is 5.82 Å². The second-order valence-electron chi connectivity index (χ2n) is 7.13. The molecule has 0 unspecified atom stereocenters. The van der Waals surface area contributed by atoms with E-state index in [4.69, 9.17) is 23.2 Å². The van der Waals surface area contributed by atoms with Crippen LogP contribution in [0.5, 0.6) is 0 Å². The molecule has 1 aromatic carbocycles. The lowest BCUT2D eigenvalue weighted by Gasteiger charge is -2.35. The molecule has 0 bridgehead atoms. The van der Waals surface area contributed by atoms with Crippen molar-refractivity contribution in [1.29, 1.82) is 0 Å². The molecular weight excluding hydrogens is 470 g/mol. The number of aromatic nitrogens is 3. The molecule has 0 spiro atoms. The van der Waals surface area contributed by atoms with E-state index in [0.717, 1.165) is 4.68 Å². The van der Waals surface area contributed by atoms with Crippen LogP contribution in [0.1, 0.15) is 32.1 Å². The number of carbonyl (C=O) groups is 2. The summed E-state index contributed by atoms with van der Waals surface area (Å²) in [4.78, 5) is 32.6. The predicted octanol–water partition coefficient (Wildman–Crippen LogP) is 4.59. The SMILES string of the molecule is Cc1cc(Cl)cc2c1N(C(=O)c1cc(C(F)(F)F)nn1-c1ncccc1Cl)CN(C)C2=O. The molecular formula is C20H14Cl2F3N5O2. The van der Waals surface area contributed by atoms with E-state index in [1.165, 1.54) is 41.2 Å². The van der Waals surface area contributed by atoms with Gasteiger partial charge in [0.25, 0.3) is 11.8 Å². The molecule has 32 heavy (non-hydrogen) atoms. The van der Waals surface area contributed by atoms with Crippen LogP contribution in [0.2, 0.25) is 10.0 Å². The molecule has 0 saturated heterocycles. The van der Waals surface area contributed by atoms with Gasteiger partial charge in [-0.25, -0.2) is 9.67 Å². The van der Waals surface area contributed by atoms with Gasteiger partial charge >= 0.3 is 6.18 Å². The number of nitrogens with zero attached hydrogens (tertiary/aromatic N) is 5. The fourth-order valence-electron chi connectivity index (χ4n) is 3.48. The van der Waals surface area contributed by atoms with Crippen molar-refractivity contribution >= 4 is 40.7 Å². The standard InChI is InChI=1S/C20H14Cl2F3N5O2/c1-10-6-11(21)7-12-16(10)29(9-28(2)18(12)31)19(32)14-8-15(20(23,24)25)27-30(14)17-13(22)4-3-5-26-17/h3-8H,9H2,1-2H3. The number of hydrogen-bond acceptors (Lipinski definition) is 4. The third-order valence-corrected chi connectivity index (χ3v) is 5.38. The number of hydrogen-bond donors (Lipinski definition) is 0. The van der Waals surface area contributed by atoms with Crippen molar-refractivity contribution in [3.8, 4) is 5.82 Å². The molecule has 3 aromatic rings. The van der Waals surface area contributed by atoms with Crippen molar-refractivity contribution in [2.45, 2.75) is 13.1 Å². The van der Waals surface area contributed by atoms with Crippen molar-refractivity contribution < 1.29 is 22.8 Å². The van der Waals surface area contributed by atoms with Crippen LogP contribution in [0.3, 0.4) is 0 Å². The second kappa shape index (κ2) is 7.79. The molecule has 3 heterocycles. The molecule has 0 aliphatic carbocycles. The Balaban J connectivity index is 1.91. The average Bonchev–Trinajstić information content (AvgIpc) is 3.16. The Kier molecular flexibility index (Phi) is 5.38. The van der Waals surface area contributed by atoms with E-state index in [1.807, 2.05) is 0 Å². The minimum Gasteiger partial charge on any atom is -0.323 e. The third-order valence-electron chi connectivity index (χ3n) is 4.87. The minimum atomic E-state index is -4.81. The van der Waals surface area contributed by atoms with Crippen LogP contribution in [-0.2, 0) is 6.18 Å². The van der Waals surface area contributed by atoms with Crippen LogP contribution in [0.4, 0.5) is 18.9 Å². The van der Waals surface area contributed by atoms with E-state index >= 15 is 0 Å². The monoisotopic (exact) mass is 483 g/mol. The van der Waals surface area contributed by atoms with Crippen LogP contribution in [0.15, 0.2) is 36.5 Å². The maximum Gasteiger partial charge on any atom is 0.435 e. The maximum absolute atomic E-state index is 13.6. The normalized spacial score (nSPS) is 14.0. The van der Waals surface area contributed by atoms with E-state index in [1.54, 1.807) is 13.0 Å². The van der Waals surface area contributed by atoms with E-state index < -0.39 is 23.5 Å². The number of carbonyl (C=O) groups excluding carboxylic acids is 2. The number of rotatable bonds is 2. The Bertz CT molecular complexity index is 1260. The molecule has 0 N–H and O–H groups in total. The highest BCUT2D eigenvalue weighted by Gasteiger charge is 2.39. The largest absolute Gasteiger partial charge is 0.435 e. The van der Waals surface area contributed by atoms with Crippen LogP contribution in [0, 0.1) is 6.92 Å². The zero-order valence-electron chi connectivity index (χ0n) is 16.6. The number of aryl methyl sites for hydroxylation is 1. The first kappa shape index (κ1) is 22.1. The molecule has 0 atom stereocenters. The van der Waals surface area contributed by atoms with Gasteiger partial charge in [0, 0.05) is 24.3 Å². The van der Waals surface area contributed by atoms with E-state index in [2.05, 4.69) is 10.1 Å². The molecule has 0 fully saturated rings. The second-order valence-corrected chi connectivity index (χ2v) is 7.97. The summed E-state index contributed by atoms with van der Waals surface area (Å²) in [6.45, 7) is 1.47. The summed E-state index contributed by atoms with van der Waals surface area (Å²) in [5.41, 5.74) is -0.760. The molecule has 1 aliphatic rings. The number of amides is 2. The Morgan fingerprint density at radius 3 is 2.56 bits per heavy atom. The van der Waals surface area contributed by atoms with Gasteiger partial charge in [-0.15, -0.1) is 0 Å². The summed E-state index contributed by atoms with van der Waals surface area (Å²) >= 11 is 12.2. The zero-order valence-corrected chi connectivity index (χ0v) is 18.1. The highest BCUT2D eigenvalue weighted by Crippen LogP contribution is 2.36. The Morgan fingerprint density at radius 2 is 1.91 bits per heavy atom. The highest BCUT2D eigenvalue weighted by molar-refractivity contribution is 6.32. The van der Waals surface area contributed by atoms with E-state index in [-0.39, 0.29) is 34.7 Å². The van der Waals surface area contributed by atoms with Gasteiger partial charge in [0.05, 0.1) is 16.3 Å². The lowest BCUT2D eigenvalue weighted by molar-refractivity contribution is -0.141.